The molecular weight excluding hydrogens is 388 g/mol. The van der Waals surface area contributed by atoms with Crippen LogP contribution in [0.5, 0.6) is 11.5 Å². The Morgan fingerprint density at radius 3 is 2.42 bits per heavy atom. The third-order valence-corrected chi connectivity index (χ3v) is 5.22. The van der Waals surface area contributed by atoms with Crippen LogP contribution in [0.15, 0.2) is 60.9 Å². The zero-order chi connectivity index (χ0) is 21.3. The second kappa shape index (κ2) is 10.6. The summed E-state index contributed by atoms with van der Waals surface area (Å²) in [5, 5.41) is 3.22. The number of likely N-dealkylation sites (tertiary alicyclic amines) is 1. The van der Waals surface area contributed by atoms with Crippen LogP contribution in [0.25, 0.3) is 12.2 Å². The number of hydrogen-bond donors (Lipinski definition) is 1. The van der Waals surface area contributed by atoms with Gasteiger partial charge in [-0.05, 0) is 67.9 Å². The summed E-state index contributed by atoms with van der Waals surface area (Å²) in [5.74, 6) is 2.27. The first-order valence-electron chi connectivity index (χ1n) is 10.6. The first-order chi connectivity index (χ1) is 15.3. The fourth-order valence-electron chi connectivity index (χ4n) is 3.49. The van der Waals surface area contributed by atoms with Crippen LogP contribution in [0.4, 0.5) is 11.6 Å². The molecule has 0 radical (unpaired) electrons. The number of aromatic nitrogens is 2. The molecule has 3 aromatic rings. The Bertz CT molecular complexity index is 981. The number of methoxy groups -OCH3 is 1. The summed E-state index contributed by atoms with van der Waals surface area (Å²) >= 11 is 0. The summed E-state index contributed by atoms with van der Waals surface area (Å²) in [4.78, 5) is 11.2. The molecule has 4 rings (SSSR count). The van der Waals surface area contributed by atoms with Gasteiger partial charge in [-0.25, -0.2) is 9.97 Å². The molecule has 1 fully saturated rings. The minimum Gasteiger partial charge on any atom is -0.497 e. The van der Waals surface area contributed by atoms with E-state index in [1.54, 1.807) is 19.5 Å². The van der Waals surface area contributed by atoms with E-state index in [1.807, 2.05) is 60.7 Å². The fourth-order valence-corrected chi connectivity index (χ4v) is 3.49. The molecule has 6 heteroatoms. The van der Waals surface area contributed by atoms with Gasteiger partial charge in [0.05, 0.1) is 7.11 Å². The molecule has 1 aliphatic heterocycles. The van der Waals surface area contributed by atoms with E-state index in [9.17, 15) is 0 Å². The molecule has 1 aromatic heterocycles. The normalized spacial score (nSPS) is 14.1. The molecule has 160 valence electrons. The first-order valence-corrected chi connectivity index (χ1v) is 10.6. The molecule has 0 atom stereocenters. The molecule has 1 N–H and O–H groups in total. The maximum Gasteiger partial charge on any atom is 0.227 e. The van der Waals surface area contributed by atoms with E-state index < -0.39 is 0 Å². The molecule has 6 nitrogen and oxygen atoms in total. The SMILES string of the molecule is COc1cccc(C=Cc2cnc(Nc3ccc(OCCN4CCCC4)cc3)nc2)c1. The van der Waals surface area contributed by atoms with Gasteiger partial charge in [-0.15, -0.1) is 0 Å². The summed E-state index contributed by atoms with van der Waals surface area (Å²) in [5.41, 5.74) is 2.91. The number of benzene rings is 2. The van der Waals surface area contributed by atoms with Gasteiger partial charge < -0.3 is 14.8 Å². The molecule has 1 aliphatic rings. The first kappa shape index (κ1) is 20.9. The molecular formula is C25H28N4O2. The average molecular weight is 417 g/mol. The molecule has 2 heterocycles. The molecule has 0 aliphatic carbocycles. The molecule has 31 heavy (non-hydrogen) atoms. The van der Waals surface area contributed by atoms with Crippen LogP contribution in [-0.2, 0) is 0 Å². The van der Waals surface area contributed by atoms with Crippen molar-refractivity contribution in [3.63, 3.8) is 0 Å². The highest BCUT2D eigenvalue weighted by atomic mass is 16.5. The maximum absolute atomic E-state index is 5.85. The predicted molar refractivity (Wildman–Crippen MR) is 125 cm³/mol. The number of hydrogen-bond acceptors (Lipinski definition) is 6. The highest BCUT2D eigenvalue weighted by Crippen LogP contribution is 2.19. The van der Waals surface area contributed by atoms with Crippen molar-refractivity contribution in [2.45, 2.75) is 12.8 Å². The Morgan fingerprint density at radius 1 is 0.935 bits per heavy atom. The lowest BCUT2D eigenvalue weighted by molar-refractivity contribution is 0.238. The lowest BCUT2D eigenvalue weighted by Gasteiger charge is -2.15. The second-order valence-corrected chi connectivity index (χ2v) is 7.50. The van der Waals surface area contributed by atoms with Crippen molar-refractivity contribution >= 4 is 23.8 Å². The van der Waals surface area contributed by atoms with Gasteiger partial charge in [0.2, 0.25) is 5.95 Å². The number of nitrogens with one attached hydrogen (secondary N) is 1. The van der Waals surface area contributed by atoms with E-state index in [0.717, 1.165) is 41.5 Å². The van der Waals surface area contributed by atoms with Gasteiger partial charge in [0.1, 0.15) is 18.1 Å². The van der Waals surface area contributed by atoms with Crippen LogP contribution in [0, 0.1) is 0 Å². The predicted octanol–water partition coefficient (Wildman–Crippen LogP) is 4.87. The largest absolute Gasteiger partial charge is 0.497 e. The topological polar surface area (TPSA) is 59.5 Å². The highest BCUT2D eigenvalue weighted by Gasteiger charge is 2.10. The van der Waals surface area contributed by atoms with E-state index in [4.69, 9.17) is 9.47 Å². The van der Waals surface area contributed by atoms with Gasteiger partial charge >= 0.3 is 0 Å². The molecule has 0 spiro atoms. The summed E-state index contributed by atoms with van der Waals surface area (Å²) < 4.78 is 11.1. The number of nitrogens with zero attached hydrogens (tertiary/aromatic N) is 3. The minimum absolute atomic E-state index is 0.557. The minimum atomic E-state index is 0.557. The Labute approximate surface area is 183 Å². The van der Waals surface area contributed by atoms with Crippen LogP contribution >= 0.6 is 0 Å². The number of rotatable bonds is 9. The molecule has 0 unspecified atom stereocenters. The van der Waals surface area contributed by atoms with Crippen molar-refractivity contribution < 1.29 is 9.47 Å². The number of ether oxygens (including phenoxy) is 2. The van der Waals surface area contributed by atoms with Crippen molar-refractivity contribution in [1.29, 1.82) is 0 Å². The Balaban J connectivity index is 1.27. The van der Waals surface area contributed by atoms with Gasteiger partial charge in [-0.3, -0.25) is 4.90 Å². The molecule has 0 bridgehead atoms. The van der Waals surface area contributed by atoms with Crippen LogP contribution in [-0.4, -0.2) is 48.2 Å². The van der Waals surface area contributed by atoms with Crippen LogP contribution in [0.2, 0.25) is 0 Å². The van der Waals surface area contributed by atoms with Gasteiger partial charge in [0.25, 0.3) is 0 Å². The summed E-state index contributed by atoms with van der Waals surface area (Å²) in [7, 11) is 1.67. The third-order valence-electron chi connectivity index (χ3n) is 5.22. The second-order valence-electron chi connectivity index (χ2n) is 7.50. The zero-order valence-corrected chi connectivity index (χ0v) is 17.8. The van der Waals surface area contributed by atoms with Gasteiger partial charge in [0.15, 0.2) is 0 Å². The van der Waals surface area contributed by atoms with Crippen LogP contribution in [0.1, 0.15) is 24.0 Å². The quantitative estimate of drug-likeness (QED) is 0.537. The molecule has 0 saturated carbocycles. The lowest BCUT2D eigenvalue weighted by atomic mass is 10.2. The Hall–Kier alpha value is -3.38. The van der Waals surface area contributed by atoms with Crippen molar-refractivity contribution in [2.75, 3.05) is 38.7 Å². The van der Waals surface area contributed by atoms with Gasteiger partial charge in [0, 0.05) is 30.2 Å². The molecule has 2 aromatic carbocycles. The van der Waals surface area contributed by atoms with Gasteiger partial charge in [-0.1, -0.05) is 24.3 Å². The smallest absolute Gasteiger partial charge is 0.227 e. The summed E-state index contributed by atoms with van der Waals surface area (Å²) in [6.07, 6.45) is 10.2. The summed E-state index contributed by atoms with van der Waals surface area (Å²) in [6, 6.07) is 15.8. The van der Waals surface area contributed by atoms with Crippen molar-refractivity contribution in [2.24, 2.45) is 0 Å². The van der Waals surface area contributed by atoms with E-state index in [2.05, 4.69) is 20.2 Å². The van der Waals surface area contributed by atoms with E-state index in [-0.39, 0.29) is 0 Å². The van der Waals surface area contributed by atoms with Crippen LogP contribution in [0.3, 0.4) is 0 Å². The Morgan fingerprint density at radius 2 is 1.68 bits per heavy atom. The Kier molecular flexibility index (Phi) is 7.13. The fraction of sp³-hybridized carbons (Fsp3) is 0.280. The van der Waals surface area contributed by atoms with Crippen LogP contribution < -0.4 is 14.8 Å². The summed E-state index contributed by atoms with van der Waals surface area (Å²) in [6.45, 7) is 4.11. The number of anilines is 2. The monoisotopic (exact) mass is 416 g/mol. The standard InChI is InChI=1S/C25H28N4O2/c1-30-24-6-4-5-20(17-24)7-8-21-18-26-25(27-19-21)28-22-9-11-23(12-10-22)31-16-15-29-13-2-3-14-29/h4-12,17-19H,2-3,13-16H2,1H3,(H,26,27,28). The van der Waals surface area contributed by atoms with Crippen molar-refractivity contribution in [3.05, 3.63) is 72.1 Å². The zero-order valence-electron chi connectivity index (χ0n) is 17.8. The van der Waals surface area contributed by atoms with Crippen molar-refractivity contribution in [3.8, 4) is 11.5 Å². The molecule has 1 saturated heterocycles. The maximum atomic E-state index is 5.85. The molecule has 0 amide bonds. The average Bonchev–Trinajstić information content (AvgIpc) is 3.33. The van der Waals surface area contributed by atoms with Crippen molar-refractivity contribution in [1.82, 2.24) is 14.9 Å². The van der Waals surface area contributed by atoms with E-state index >= 15 is 0 Å². The van der Waals surface area contributed by atoms with E-state index in [1.165, 1.54) is 25.9 Å². The van der Waals surface area contributed by atoms with Gasteiger partial charge in [-0.2, -0.15) is 0 Å². The highest BCUT2D eigenvalue weighted by molar-refractivity contribution is 5.69. The third kappa shape index (κ3) is 6.30. The lowest BCUT2D eigenvalue weighted by Crippen LogP contribution is -2.25. The van der Waals surface area contributed by atoms with E-state index in [0.29, 0.717) is 5.95 Å².